The number of furan rings is 1. The molecule has 2 aromatic rings. The molecule has 0 aliphatic rings. The van der Waals surface area contributed by atoms with E-state index in [2.05, 4.69) is 0 Å². The number of rotatable bonds is 3. The number of fused-ring (bicyclic) bond motifs is 1. The van der Waals surface area contributed by atoms with Crippen LogP contribution in [0.5, 0.6) is 11.5 Å². The minimum Gasteiger partial charge on any atom is -0.493 e. The molecule has 0 unspecified atom stereocenters. The van der Waals surface area contributed by atoms with Gasteiger partial charge in [0.1, 0.15) is 0 Å². The highest BCUT2D eigenvalue weighted by Crippen LogP contribution is 2.36. The predicted octanol–water partition coefficient (Wildman–Crippen LogP) is 2.15. The Morgan fingerprint density at radius 2 is 2.06 bits per heavy atom. The minimum atomic E-state index is -1.11. The fraction of sp³-hybridized carbons (Fsp3) is 0.182. The van der Waals surface area contributed by atoms with E-state index in [1.54, 1.807) is 12.1 Å². The summed E-state index contributed by atoms with van der Waals surface area (Å²) in [6, 6.07) is 4.86. The Balaban J connectivity index is 2.71. The first-order valence-corrected chi connectivity index (χ1v) is 4.55. The number of hydrogen-bond acceptors (Lipinski definition) is 4. The molecule has 2 rings (SSSR count). The van der Waals surface area contributed by atoms with Crippen molar-refractivity contribution < 1.29 is 23.8 Å². The molecule has 84 valence electrons. The van der Waals surface area contributed by atoms with Gasteiger partial charge in [-0.05, 0) is 18.2 Å². The molecule has 0 bridgehead atoms. The molecule has 16 heavy (non-hydrogen) atoms. The predicted molar refractivity (Wildman–Crippen MR) is 56.3 cm³/mol. The molecule has 0 aliphatic heterocycles. The van der Waals surface area contributed by atoms with E-state index >= 15 is 0 Å². The summed E-state index contributed by atoms with van der Waals surface area (Å²) in [6.45, 7) is 0. The van der Waals surface area contributed by atoms with Crippen LogP contribution in [-0.2, 0) is 0 Å². The van der Waals surface area contributed by atoms with Crippen molar-refractivity contribution in [2.45, 2.75) is 0 Å². The monoisotopic (exact) mass is 222 g/mol. The fourth-order valence-electron chi connectivity index (χ4n) is 1.52. The lowest BCUT2D eigenvalue weighted by molar-refractivity contribution is 0.0665. The van der Waals surface area contributed by atoms with Crippen molar-refractivity contribution in [3.8, 4) is 11.5 Å². The molecular weight excluding hydrogens is 212 g/mol. The summed E-state index contributed by atoms with van der Waals surface area (Å²) in [5.74, 6) is -0.340. The summed E-state index contributed by atoms with van der Waals surface area (Å²) in [5.41, 5.74) is 0.374. The van der Waals surface area contributed by atoms with Gasteiger partial charge in [0.2, 0.25) is 11.5 Å². The van der Waals surface area contributed by atoms with Crippen molar-refractivity contribution in [3.05, 3.63) is 24.0 Å². The smallest absolute Gasteiger partial charge is 0.371 e. The van der Waals surface area contributed by atoms with E-state index in [1.807, 2.05) is 0 Å². The lowest BCUT2D eigenvalue weighted by Gasteiger charge is -2.06. The number of carboxylic acids is 1. The van der Waals surface area contributed by atoms with Gasteiger partial charge in [-0.15, -0.1) is 0 Å². The molecule has 5 heteroatoms. The number of hydrogen-bond donors (Lipinski definition) is 1. The summed E-state index contributed by atoms with van der Waals surface area (Å²) in [6.07, 6.45) is 0. The molecule has 0 saturated heterocycles. The van der Waals surface area contributed by atoms with Crippen LogP contribution in [0.1, 0.15) is 10.6 Å². The molecule has 5 nitrogen and oxygen atoms in total. The van der Waals surface area contributed by atoms with Crippen LogP contribution in [0.15, 0.2) is 22.6 Å². The van der Waals surface area contributed by atoms with Crippen molar-refractivity contribution in [1.29, 1.82) is 0 Å². The average Bonchev–Trinajstić information content (AvgIpc) is 2.71. The van der Waals surface area contributed by atoms with E-state index in [0.717, 1.165) is 0 Å². The molecular formula is C11H10O5. The van der Waals surface area contributed by atoms with Crippen LogP contribution in [0.3, 0.4) is 0 Å². The molecule has 1 aromatic heterocycles. The van der Waals surface area contributed by atoms with Crippen molar-refractivity contribution >= 4 is 16.9 Å². The Bertz CT molecular complexity index is 541. The number of methoxy groups -OCH3 is 2. The first kappa shape index (κ1) is 10.4. The zero-order valence-corrected chi connectivity index (χ0v) is 8.81. The number of benzene rings is 1. The highest BCUT2D eigenvalue weighted by atomic mass is 16.5. The topological polar surface area (TPSA) is 68.9 Å². The van der Waals surface area contributed by atoms with Crippen LogP contribution >= 0.6 is 0 Å². The van der Waals surface area contributed by atoms with Gasteiger partial charge in [0.25, 0.3) is 0 Å². The average molecular weight is 222 g/mol. The van der Waals surface area contributed by atoms with E-state index < -0.39 is 5.97 Å². The Hall–Kier alpha value is -2.17. The van der Waals surface area contributed by atoms with Gasteiger partial charge in [-0.25, -0.2) is 4.79 Å². The Labute approximate surface area is 91.2 Å². The highest BCUT2D eigenvalue weighted by molar-refractivity contribution is 5.94. The minimum absolute atomic E-state index is 0.124. The largest absolute Gasteiger partial charge is 0.493 e. The third-order valence-electron chi connectivity index (χ3n) is 2.24. The third kappa shape index (κ3) is 1.46. The van der Waals surface area contributed by atoms with Gasteiger partial charge in [-0.3, -0.25) is 0 Å². The van der Waals surface area contributed by atoms with Crippen LogP contribution < -0.4 is 9.47 Å². The first-order valence-electron chi connectivity index (χ1n) is 4.55. The number of carbonyl (C=O) groups is 1. The van der Waals surface area contributed by atoms with E-state index in [4.69, 9.17) is 19.0 Å². The second-order valence-corrected chi connectivity index (χ2v) is 3.14. The van der Waals surface area contributed by atoms with Crippen molar-refractivity contribution in [2.75, 3.05) is 14.2 Å². The van der Waals surface area contributed by atoms with Gasteiger partial charge in [-0.1, -0.05) is 0 Å². The Morgan fingerprint density at radius 1 is 1.31 bits per heavy atom. The highest BCUT2D eigenvalue weighted by Gasteiger charge is 2.16. The van der Waals surface area contributed by atoms with Crippen LogP contribution in [-0.4, -0.2) is 25.3 Å². The quantitative estimate of drug-likeness (QED) is 0.861. The SMILES string of the molecule is COc1ccc2cc(C(=O)O)oc2c1OC. The standard InChI is InChI=1S/C11H10O5/c1-14-7-4-3-6-5-8(11(12)13)16-9(6)10(7)15-2/h3-5H,1-2H3,(H,12,13). The normalized spacial score (nSPS) is 10.4. The molecule has 0 aliphatic carbocycles. The van der Waals surface area contributed by atoms with Crippen LogP contribution in [0, 0.1) is 0 Å². The maximum absolute atomic E-state index is 10.8. The molecule has 0 saturated carbocycles. The number of carboxylic acid groups (broad SMARTS) is 1. The van der Waals surface area contributed by atoms with Crippen LogP contribution in [0.2, 0.25) is 0 Å². The third-order valence-corrected chi connectivity index (χ3v) is 2.24. The van der Waals surface area contributed by atoms with Crippen molar-refractivity contribution in [2.24, 2.45) is 0 Å². The van der Waals surface area contributed by atoms with Crippen LogP contribution in [0.25, 0.3) is 11.0 Å². The lowest BCUT2D eigenvalue weighted by Crippen LogP contribution is -1.91. The molecule has 0 atom stereocenters. The second kappa shape index (κ2) is 3.77. The van der Waals surface area contributed by atoms with Gasteiger partial charge in [0.05, 0.1) is 14.2 Å². The zero-order valence-electron chi connectivity index (χ0n) is 8.81. The summed E-state index contributed by atoms with van der Waals surface area (Å²) in [5, 5.41) is 9.47. The molecule has 0 fully saturated rings. The molecule has 0 amide bonds. The summed E-state index contributed by atoms with van der Waals surface area (Å²) in [4.78, 5) is 10.8. The maximum atomic E-state index is 10.8. The Kier molecular flexibility index (Phi) is 2.44. The molecule has 1 heterocycles. The van der Waals surface area contributed by atoms with Crippen LogP contribution in [0.4, 0.5) is 0 Å². The maximum Gasteiger partial charge on any atom is 0.371 e. The number of aromatic carboxylic acids is 1. The van der Waals surface area contributed by atoms with Gasteiger partial charge in [0, 0.05) is 5.39 Å². The number of ether oxygens (including phenoxy) is 2. The zero-order chi connectivity index (χ0) is 11.7. The Morgan fingerprint density at radius 3 is 2.62 bits per heavy atom. The first-order chi connectivity index (χ1) is 7.67. The van der Waals surface area contributed by atoms with Gasteiger partial charge in [0.15, 0.2) is 11.3 Å². The molecule has 1 aromatic carbocycles. The van der Waals surface area contributed by atoms with Gasteiger partial charge < -0.3 is 19.0 Å². The lowest BCUT2D eigenvalue weighted by atomic mass is 10.2. The summed E-state index contributed by atoms with van der Waals surface area (Å²) in [7, 11) is 2.98. The van der Waals surface area contributed by atoms with Gasteiger partial charge in [-0.2, -0.15) is 0 Å². The van der Waals surface area contributed by atoms with E-state index in [9.17, 15) is 4.79 Å². The van der Waals surface area contributed by atoms with E-state index in [1.165, 1.54) is 20.3 Å². The summed E-state index contributed by atoms with van der Waals surface area (Å²) < 4.78 is 15.4. The van der Waals surface area contributed by atoms with E-state index in [0.29, 0.717) is 22.5 Å². The summed E-state index contributed by atoms with van der Waals surface area (Å²) >= 11 is 0. The second-order valence-electron chi connectivity index (χ2n) is 3.14. The van der Waals surface area contributed by atoms with Crippen molar-refractivity contribution in [1.82, 2.24) is 0 Å². The molecule has 1 N–H and O–H groups in total. The van der Waals surface area contributed by atoms with Gasteiger partial charge >= 0.3 is 5.97 Å². The molecule has 0 radical (unpaired) electrons. The fourth-order valence-corrected chi connectivity index (χ4v) is 1.52. The molecule has 0 spiro atoms. The van der Waals surface area contributed by atoms with E-state index in [-0.39, 0.29) is 5.76 Å². The van der Waals surface area contributed by atoms with Crippen molar-refractivity contribution in [3.63, 3.8) is 0 Å².